The van der Waals surface area contributed by atoms with E-state index in [4.69, 9.17) is 12.2 Å². The molecule has 4 nitrogen and oxygen atoms in total. The fraction of sp³-hybridized carbons (Fsp3) is 0.333. The lowest BCUT2D eigenvalue weighted by molar-refractivity contribution is -0.128. The zero-order valence-corrected chi connectivity index (χ0v) is 16.2. The Kier molecular flexibility index (Phi) is 5.89. The molecule has 1 saturated heterocycles. The van der Waals surface area contributed by atoms with Gasteiger partial charge in [-0.15, -0.1) is 0 Å². The van der Waals surface area contributed by atoms with E-state index in [1.54, 1.807) is 0 Å². The molecule has 1 heterocycles. The Morgan fingerprint density at radius 1 is 1.15 bits per heavy atom. The minimum atomic E-state index is 0.250. The molecule has 1 aliphatic heterocycles. The van der Waals surface area contributed by atoms with Crippen molar-refractivity contribution in [2.45, 2.75) is 39.8 Å². The molecule has 0 saturated carbocycles. The van der Waals surface area contributed by atoms with Crippen LogP contribution in [0.15, 0.2) is 42.5 Å². The van der Waals surface area contributed by atoms with Crippen LogP contribution in [0.4, 0.5) is 5.69 Å². The molecule has 0 unspecified atom stereocenters. The van der Waals surface area contributed by atoms with Crippen molar-refractivity contribution in [2.24, 2.45) is 0 Å². The number of carbonyl (C=O) groups excluding carboxylic acids is 1. The van der Waals surface area contributed by atoms with Crippen LogP contribution in [0.2, 0.25) is 0 Å². The average molecular weight is 368 g/mol. The van der Waals surface area contributed by atoms with Crippen molar-refractivity contribution >= 4 is 28.9 Å². The molecule has 2 aromatic carbocycles. The smallest absolute Gasteiger partial charge is 0.222 e. The fourth-order valence-electron chi connectivity index (χ4n) is 3.17. The van der Waals surface area contributed by atoms with Gasteiger partial charge in [-0.05, 0) is 60.8 Å². The number of hydrogen-bond donors (Lipinski definition) is 2. The molecular formula is C21H25N3OS. The van der Waals surface area contributed by atoms with E-state index < -0.39 is 0 Å². The van der Waals surface area contributed by atoms with E-state index in [2.05, 4.69) is 54.8 Å². The number of carbonyl (C=O) groups is 1. The Morgan fingerprint density at radius 3 is 2.65 bits per heavy atom. The standard InChI is InChI=1S/C21H25N3OS/c1-15-9-10-16(2)19(12-15)23-21(26)22-13-17-6-3-4-7-18(17)14-24-11-5-8-20(24)25/h3-4,6-7,9-10,12H,5,8,11,13-14H2,1-2H3,(H2,22,23,26). The first-order valence-corrected chi connectivity index (χ1v) is 9.40. The zero-order chi connectivity index (χ0) is 18.5. The second-order valence-corrected chi connectivity index (χ2v) is 7.22. The molecule has 2 N–H and O–H groups in total. The summed E-state index contributed by atoms with van der Waals surface area (Å²) in [5.74, 6) is 0.250. The molecule has 0 atom stereocenters. The predicted octanol–water partition coefficient (Wildman–Crippen LogP) is 3.91. The van der Waals surface area contributed by atoms with Gasteiger partial charge in [0.05, 0.1) is 0 Å². The van der Waals surface area contributed by atoms with Gasteiger partial charge < -0.3 is 15.5 Å². The Morgan fingerprint density at radius 2 is 1.92 bits per heavy atom. The molecule has 1 fully saturated rings. The van der Waals surface area contributed by atoms with Gasteiger partial charge in [0.25, 0.3) is 0 Å². The van der Waals surface area contributed by atoms with Crippen LogP contribution in [0.3, 0.4) is 0 Å². The number of rotatable bonds is 5. The Balaban J connectivity index is 1.61. The van der Waals surface area contributed by atoms with Gasteiger partial charge in [-0.25, -0.2) is 0 Å². The second kappa shape index (κ2) is 8.32. The maximum absolute atomic E-state index is 11.9. The molecule has 0 aliphatic carbocycles. The number of likely N-dealkylation sites (tertiary alicyclic amines) is 1. The number of hydrogen-bond acceptors (Lipinski definition) is 2. The summed E-state index contributed by atoms with van der Waals surface area (Å²) in [6.07, 6.45) is 1.63. The molecule has 0 bridgehead atoms. The summed E-state index contributed by atoms with van der Waals surface area (Å²) < 4.78 is 0. The summed E-state index contributed by atoms with van der Waals surface area (Å²) in [6, 6.07) is 14.5. The average Bonchev–Trinajstić information content (AvgIpc) is 3.02. The minimum absolute atomic E-state index is 0.250. The number of thiocarbonyl (C=S) groups is 1. The highest BCUT2D eigenvalue weighted by Gasteiger charge is 2.20. The zero-order valence-electron chi connectivity index (χ0n) is 15.3. The van der Waals surface area contributed by atoms with E-state index in [0.717, 1.165) is 29.8 Å². The normalized spacial score (nSPS) is 13.8. The van der Waals surface area contributed by atoms with Crippen molar-refractivity contribution in [2.75, 3.05) is 11.9 Å². The van der Waals surface area contributed by atoms with E-state index in [0.29, 0.717) is 24.6 Å². The van der Waals surface area contributed by atoms with Gasteiger partial charge in [0.15, 0.2) is 5.11 Å². The molecule has 136 valence electrons. The maximum atomic E-state index is 11.9. The van der Waals surface area contributed by atoms with Crippen molar-refractivity contribution in [3.8, 4) is 0 Å². The lowest BCUT2D eigenvalue weighted by atomic mass is 10.1. The van der Waals surface area contributed by atoms with E-state index >= 15 is 0 Å². The van der Waals surface area contributed by atoms with Gasteiger partial charge >= 0.3 is 0 Å². The number of aryl methyl sites for hydroxylation is 2. The summed E-state index contributed by atoms with van der Waals surface area (Å²) >= 11 is 5.46. The molecule has 0 aromatic heterocycles. The van der Waals surface area contributed by atoms with E-state index in [9.17, 15) is 4.79 Å². The Hall–Kier alpha value is -2.40. The monoisotopic (exact) mass is 367 g/mol. The number of benzene rings is 2. The van der Waals surface area contributed by atoms with Gasteiger partial charge in [0.2, 0.25) is 5.91 Å². The van der Waals surface area contributed by atoms with Crippen molar-refractivity contribution < 1.29 is 4.79 Å². The van der Waals surface area contributed by atoms with Crippen molar-refractivity contribution in [1.29, 1.82) is 0 Å². The Labute approximate surface area is 160 Å². The summed E-state index contributed by atoms with van der Waals surface area (Å²) in [6.45, 7) is 6.29. The third-order valence-electron chi connectivity index (χ3n) is 4.73. The molecule has 26 heavy (non-hydrogen) atoms. The molecule has 1 aliphatic rings. The fourth-order valence-corrected chi connectivity index (χ4v) is 3.36. The highest BCUT2D eigenvalue weighted by molar-refractivity contribution is 7.80. The summed E-state index contributed by atoms with van der Waals surface area (Å²) in [5, 5.41) is 7.17. The van der Waals surface area contributed by atoms with Gasteiger partial charge in [-0.2, -0.15) is 0 Å². The molecule has 0 radical (unpaired) electrons. The number of nitrogens with zero attached hydrogens (tertiary/aromatic N) is 1. The van der Waals surface area contributed by atoms with Gasteiger partial charge in [0.1, 0.15) is 0 Å². The Bertz CT molecular complexity index is 819. The van der Waals surface area contributed by atoms with Gasteiger partial charge in [-0.1, -0.05) is 36.4 Å². The highest BCUT2D eigenvalue weighted by atomic mass is 32.1. The first-order valence-electron chi connectivity index (χ1n) is 8.99. The van der Waals surface area contributed by atoms with E-state index in [1.807, 2.05) is 17.0 Å². The van der Waals surface area contributed by atoms with Crippen LogP contribution in [0.5, 0.6) is 0 Å². The third kappa shape index (κ3) is 4.61. The minimum Gasteiger partial charge on any atom is -0.358 e. The van der Waals surface area contributed by atoms with Crippen LogP contribution in [-0.2, 0) is 17.9 Å². The topological polar surface area (TPSA) is 44.4 Å². The maximum Gasteiger partial charge on any atom is 0.222 e. The van der Waals surface area contributed by atoms with Crippen LogP contribution in [0, 0.1) is 13.8 Å². The van der Waals surface area contributed by atoms with Crippen LogP contribution in [-0.4, -0.2) is 22.5 Å². The summed E-state index contributed by atoms with van der Waals surface area (Å²) in [4.78, 5) is 13.8. The number of amides is 1. The van der Waals surface area contributed by atoms with Gasteiger partial charge in [0, 0.05) is 31.7 Å². The molecule has 1 amide bonds. The summed E-state index contributed by atoms with van der Waals surface area (Å²) in [5.41, 5.74) is 5.72. The van der Waals surface area contributed by atoms with Crippen molar-refractivity contribution in [1.82, 2.24) is 10.2 Å². The third-order valence-corrected chi connectivity index (χ3v) is 4.98. The number of anilines is 1. The largest absolute Gasteiger partial charge is 0.358 e. The van der Waals surface area contributed by atoms with Crippen LogP contribution in [0.1, 0.15) is 35.1 Å². The summed E-state index contributed by atoms with van der Waals surface area (Å²) in [7, 11) is 0. The highest BCUT2D eigenvalue weighted by Crippen LogP contribution is 2.18. The lowest BCUT2D eigenvalue weighted by Gasteiger charge is -2.19. The predicted molar refractivity (Wildman–Crippen MR) is 110 cm³/mol. The second-order valence-electron chi connectivity index (χ2n) is 6.81. The van der Waals surface area contributed by atoms with Gasteiger partial charge in [-0.3, -0.25) is 4.79 Å². The molecule has 0 spiro atoms. The molecule has 2 aromatic rings. The van der Waals surface area contributed by atoms with Crippen LogP contribution < -0.4 is 10.6 Å². The molecule has 3 rings (SSSR count). The van der Waals surface area contributed by atoms with Crippen LogP contribution in [0.25, 0.3) is 0 Å². The first-order chi connectivity index (χ1) is 12.5. The quantitative estimate of drug-likeness (QED) is 0.787. The van der Waals surface area contributed by atoms with E-state index in [1.165, 1.54) is 11.1 Å². The molecule has 5 heteroatoms. The lowest BCUT2D eigenvalue weighted by Crippen LogP contribution is -2.29. The molecular weight excluding hydrogens is 342 g/mol. The van der Waals surface area contributed by atoms with Crippen LogP contribution >= 0.6 is 12.2 Å². The van der Waals surface area contributed by atoms with Crippen molar-refractivity contribution in [3.63, 3.8) is 0 Å². The SMILES string of the molecule is Cc1ccc(C)c(NC(=S)NCc2ccccc2CN2CCCC2=O)c1. The number of nitrogens with one attached hydrogen (secondary N) is 2. The first kappa shape index (κ1) is 18.4. The van der Waals surface area contributed by atoms with E-state index in [-0.39, 0.29) is 5.91 Å². The van der Waals surface area contributed by atoms with Crippen molar-refractivity contribution in [3.05, 3.63) is 64.7 Å².